The van der Waals surface area contributed by atoms with Crippen LogP contribution in [0.25, 0.3) is 0 Å². The van der Waals surface area contributed by atoms with Gasteiger partial charge in [0.05, 0.1) is 19.1 Å². The van der Waals surface area contributed by atoms with Gasteiger partial charge in [-0.2, -0.15) is 0 Å². The van der Waals surface area contributed by atoms with Gasteiger partial charge in [-0.3, -0.25) is 19.4 Å². The number of amides is 2. The van der Waals surface area contributed by atoms with Crippen LogP contribution in [-0.2, 0) is 9.59 Å². The van der Waals surface area contributed by atoms with Gasteiger partial charge in [0.15, 0.2) is 0 Å². The molecule has 1 saturated carbocycles. The van der Waals surface area contributed by atoms with E-state index in [0.717, 1.165) is 26.2 Å². The highest BCUT2D eigenvalue weighted by Crippen LogP contribution is 2.41. The van der Waals surface area contributed by atoms with E-state index in [1.807, 2.05) is 0 Å². The summed E-state index contributed by atoms with van der Waals surface area (Å²) in [7, 11) is 0. The molecule has 2 aliphatic rings. The molecule has 1 heterocycles. The number of piperazine rings is 1. The largest absolute Gasteiger partial charge is 0.352 e. The van der Waals surface area contributed by atoms with Crippen LogP contribution in [0.3, 0.4) is 0 Å². The van der Waals surface area contributed by atoms with Crippen LogP contribution in [0, 0.1) is 12.8 Å². The van der Waals surface area contributed by atoms with E-state index in [0.29, 0.717) is 25.6 Å². The number of nitrogens with zero attached hydrogens (tertiary/aromatic N) is 2. The maximum Gasteiger partial charge on any atom is 0.234 e. The zero-order valence-corrected chi connectivity index (χ0v) is 16.8. The molecule has 6 nitrogen and oxygen atoms in total. The predicted molar refractivity (Wildman–Crippen MR) is 111 cm³/mol. The van der Waals surface area contributed by atoms with Crippen LogP contribution in [0.5, 0.6) is 0 Å². The van der Waals surface area contributed by atoms with Crippen molar-refractivity contribution in [2.75, 3.05) is 45.8 Å². The SMILES string of the molecule is C=CCNC(=O)CN1CCN(CC(=O)NC(c2ccc(C)cc2)C2CC2)CC1. The highest BCUT2D eigenvalue weighted by Gasteiger charge is 2.33. The summed E-state index contributed by atoms with van der Waals surface area (Å²) in [6.07, 6.45) is 4.05. The Kier molecular flexibility index (Phi) is 7.23. The van der Waals surface area contributed by atoms with Crippen LogP contribution < -0.4 is 10.6 Å². The van der Waals surface area contributed by atoms with E-state index in [1.165, 1.54) is 24.0 Å². The molecule has 28 heavy (non-hydrogen) atoms. The number of carbonyl (C=O) groups is 2. The number of hydrogen-bond donors (Lipinski definition) is 2. The summed E-state index contributed by atoms with van der Waals surface area (Å²) in [5.74, 6) is 0.684. The molecule has 1 aliphatic carbocycles. The molecule has 1 aromatic carbocycles. The second-order valence-corrected chi connectivity index (χ2v) is 7.94. The minimum absolute atomic E-state index is 0.0245. The molecule has 0 bridgehead atoms. The third kappa shape index (κ3) is 6.17. The van der Waals surface area contributed by atoms with Crippen molar-refractivity contribution in [1.82, 2.24) is 20.4 Å². The Morgan fingerprint density at radius 1 is 1.07 bits per heavy atom. The first-order valence-corrected chi connectivity index (χ1v) is 10.2. The molecule has 1 aromatic rings. The van der Waals surface area contributed by atoms with Crippen LogP contribution in [0.4, 0.5) is 0 Å². The number of nitrogens with one attached hydrogen (secondary N) is 2. The van der Waals surface area contributed by atoms with E-state index in [4.69, 9.17) is 0 Å². The molecular weight excluding hydrogens is 352 g/mol. The molecule has 6 heteroatoms. The lowest BCUT2D eigenvalue weighted by Gasteiger charge is -2.34. The fourth-order valence-corrected chi connectivity index (χ4v) is 3.65. The smallest absolute Gasteiger partial charge is 0.234 e. The van der Waals surface area contributed by atoms with Gasteiger partial charge < -0.3 is 10.6 Å². The summed E-state index contributed by atoms with van der Waals surface area (Å²) >= 11 is 0. The lowest BCUT2D eigenvalue weighted by molar-refractivity contribution is -0.125. The minimum atomic E-state index is 0.0245. The molecule has 152 valence electrons. The van der Waals surface area contributed by atoms with E-state index in [2.05, 4.69) is 58.2 Å². The molecular formula is C22H32N4O2. The van der Waals surface area contributed by atoms with Gasteiger partial charge in [-0.1, -0.05) is 35.9 Å². The second kappa shape index (κ2) is 9.85. The van der Waals surface area contributed by atoms with Crippen molar-refractivity contribution >= 4 is 11.8 Å². The molecule has 1 saturated heterocycles. The molecule has 2 amide bonds. The van der Waals surface area contributed by atoms with Gasteiger partial charge in [0.2, 0.25) is 11.8 Å². The van der Waals surface area contributed by atoms with Gasteiger partial charge in [-0.25, -0.2) is 0 Å². The Bertz CT molecular complexity index is 676. The molecule has 1 unspecified atom stereocenters. The van der Waals surface area contributed by atoms with Gasteiger partial charge in [0, 0.05) is 32.7 Å². The summed E-state index contributed by atoms with van der Waals surface area (Å²) in [4.78, 5) is 28.7. The Balaban J connectivity index is 1.43. The fourth-order valence-electron chi connectivity index (χ4n) is 3.65. The lowest BCUT2D eigenvalue weighted by atomic mass is 10.0. The number of aryl methyl sites for hydroxylation is 1. The Hall–Kier alpha value is -2.18. The number of benzene rings is 1. The van der Waals surface area contributed by atoms with Crippen LogP contribution in [0.1, 0.15) is 30.0 Å². The molecule has 1 atom stereocenters. The molecule has 0 radical (unpaired) electrons. The standard InChI is InChI=1S/C22H32N4O2/c1-3-10-23-20(27)15-25-11-13-26(14-12-25)16-21(28)24-22(19-8-9-19)18-6-4-17(2)5-7-18/h3-7,19,22H,1,8-16H2,2H3,(H,23,27)(H,24,28). The number of rotatable bonds is 9. The first-order valence-electron chi connectivity index (χ1n) is 10.2. The average Bonchev–Trinajstić information content (AvgIpc) is 3.52. The first kappa shape index (κ1) is 20.6. The van der Waals surface area contributed by atoms with Crippen LogP contribution in [0.15, 0.2) is 36.9 Å². The fraction of sp³-hybridized carbons (Fsp3) is 0.545. The van der Waals surface area contributed by atoms with E-state index < -0.39 is 0 Å². The average molecular weight is 385 g/mol. The minimum Gasteiger partial charge on any atom is -0.352 e. The number of carbonyl (C=O) groups excluding carboxylic acids is 2. The van der Waals surface area contributed by atoms with Crippen LogP contribution >= 0.6 is 0 Å². The van der Waals surface area contributed by atoms with Gasteiger partial charge in [0.1, 0.15) is 0 Å². The molecule has 0 spiro atoms. The van der Waals surface area contributed by atoms with Crippen molar-refractivity contribution in [1.29, 1.82) is 0 Å². The monoisotopic (exact) mass is 384 g/mol. The quantitative estimate of drug-likeness (QED) is 0.633. The summed E-state index contributed by atoms with van der Waals surface area (Å²) in [6, 6.07) is 8.62. The van der Waals surface area contributed by atoms with Crippen molar-refractivity contribution in [2.45, 2.75) is 25.8 Å². The van der Waals surface area contributed by atoms with Crippen molar-refractivity contribution in [3.63, 3.8) is 0 Å². The van der Waals surface area contributed by atoms with Gasteiger partial charge in [-0.15, -0.1) is 6.58 Å². The predicted octanol–water partition coefficient (Wildman–Crippen LogP) is 1.48. The summed E-state index contributed by atoms with van der Waals surface area (Å²) in [5.41, 5.74) is 2.44. The summed E-state index contributed by atoms with van der Waals surface area (Å²) < 4.78 is 0. The maximum absolute atomic E-state index is 12.6. The zero-order chi connectivity index (χ0) is 19.9. The topological polar surface area (TPSA) is 64.7 Å². The lowest BCUT2D eigenvalue weighted by Crippen LogP contribution is -2.51. The van der Waals surface area contributed by atoms with Crippen molar-refractivity contribution in [3.05, 3.63) is 48.0 Å². The van der Waals surface area contributed by atoms with Crippen molar-refractivity contribution in [3.8, 4) is 0 Å². The van der Waals surface area contributed by atoms with Crippen molar-refractivity contribution in [2.24, 2.45) is 5.92 Å². The van der Waals surface area contributed by atoms with Crippen LogP contribution in [0.2, 0.25) is 0 Å². The normalized spacial score (nSPS) is 19.0. The third-order valence-electron chi connectivity index (χ3n) is 5.49. The molecule has 0 aromatic heterocycles. The Morgan fingerprint density at radius 2 is 1.64 bits per heavy atom. The Labute approximate surface area is 168 Å². The molecule has 1 aliphatic heterocycles. The van der Waals surface area contributed by atoms with Crippen LogP contribution in [-0.4, -0.2) is 67.4 Å². The van der Waals surface area contributed by atoms with E-state index in [9.17, 15) is 9.59 Å². The van der Waals surface area contributed by atoms with Gasteiger partial charge in [0.25, 0.3) is 0 Å². The second-order valence-electron chi connectivity index (χ2n) is 7.94. The van der Waals surface area contributed by atoms with Gasteiger partial charge in [-0.05, 0) is 31.2 Å². The van der Waals surface area contributed by atoms with E-state index in [1.54, 1.807) is 6.08 Å². The first-order chi connectivity index (χ1) is 13.5. The summed E-state index contributed by atoms with van der Waals surface area (Å²) in [5, 5.41) is 6.06. The maximum atomic E-state index is 12.6. The molecule has 2 fully saturated rings. The zero-order valence-electron chi connectivity index (χ0n) is 16.8. The molecule has 2 N–H and O–H groups in total. The summed E-state index contributed by atoms with van der Waals surface area (Å²) in [6.45, 7) is 10.2. The van der Waals surface area contributed by atoms with E-state index in [-0.39, 0.29) is 17.9 Å². The highest BCUT2D eigenvalue weighted by molar-refractivity contribution is 5.79. The Morgan fingerprint density at radius 3 is 2.18 bits per heavy atom. The van der Waals surface area contributed by atoms with Crippen molar-refractivity contribution < 1.29 is 9.59 Å². The molecule has 3 rings (SSSR count). The third-order valence-corrected chi connectivity index (χ3v) is 5.49. The number of hydrogen-bond acceptors (Lipinski definition) is 4. The highest BCUT2D eigenvalue weighted by atomic mass is 16.2. The van der Waals surface area contributed by atoms with Gasteiger partial charge >= 0.3 is 0 Å². The van der Waals surface area contributed by atoms with E-state index >= 15 is 0 Å².